The minimum atomic E-state index is -3.62. The van der Waals surface area contributed by atoms with Gasteiger partial charge in [-0.15, -0.1) is 0 Å². The van der Waals surface area contributed by atoms with Gasteiger partial charge in [-0.3, -0.25) is 0 Å². The number of benzene rings is 2. The van der Waals surface area contributed by atoms with Crippen molar-refractivity contribution in [2.75, 3.05) is 6.54 Å². The maximum absolute atomic E-state index is 13.9. The molecule has 0 bridgehead atoms. The number of aromatic nitrogens is 1. The summed E-state index contributed by atoms with van der Waals surface area (Å²) in [7, 11) is -3.62. The molecule has 3 aromatic rings. The van der Waals surface area contributed by atoms with E-state index in [0.29, 0.717) is 23.4 Å². The van der Waals surface area contributed by atoms with Crippen LogP contribution in [-0.4, -0.2) is 19.9 Å². The number of nitrogens with zero attached hydrogens (tertiary/aromatic N) is 1. The van der Waals surface area contributed by atoms with E-state index in [-0.39, 0.29) is 22.9 Å². The number of nitrogens with one attached hydrogen (secondary N) is 1. The molecule has 0 fully saturated rings. The number of sulfonamides is 1. The first-order chi connectivity index (χ1) is 12.8. The van der Waals surface area contributed by atoms with E-state index >= 15 is 0 Å². The van der Waals surface area contributed by atoms with Crippen LogP contribution in [0.5, 0.6) is 0 Å². The van der Waals surface area contributed by atoms with Crippen LogP contribution in [-0.2, 0) is 16.4 Å². The van der Waals surface area contributed by atoms with Gasteiger partial charge in [0.15, 0.2) is 0 Å². The topological polar surface area (TPSA) is 72.2 Å². The van der Waals surface area contributed by atoms with Crippen LogP contribution in [0.3, 0.4) is 0 Å². The number of rotatable bonds is 6. The standard InChI is InChI=1S/C20H21FN2O3S/c1-13-8-9-14(2)19(12-13)27(24,25)22-11-10-18-15(3)26-20(23-18)16-6-4-5-7-17(16)21/h4-9,12,22H,10-11H2,1-3H3. The van der Waals surface area contributed by atoms with Crippen LogP contribution in [0.15, 0.2) is 51.8 Å². The van der Waals surface area contributed by atoms with E-state index in [1.54, 1.807) is 44.2 Å². The van der Waals surface area contributed by atoms with Gasteiger partial charge in [-0.05, 0) is 50.1 Å². The van der Waals surface area contributed by atoms with E-state index < -0.39 is 15.8 Å². The molecule has 0 radical (unpaired) electrons. The third-order valence-corrected chi connectivity index (χ3v) is 5.89. The molecule has 1 aromatic heterocycles. The van der Waals surface area contributed by atoms with Gasteiger partial charge in [0.25, 0.3) is 0 Å². The van der Waals surface area contributed by atoms with Crippen LogP contribution in [0.25, 0.3) is 11.5 Å². The molecule has 0 amide bonds. The highest BCUT2D eigenvalue weighted by atomic mass is 32.2. The molecule has 0 aliphatic carbocycles. The molecule has 1 heterocycles. The van der Waals surface area contributed by atoms with Crippen molar-refractivity contribution in [3.05, 3.63) is 70.9 Å². The average molecular weight is 388 g/mol. The Hall–Kier alpha value is -2.51. The highest BCUT2D eigenvalue weighted by Crippen LogP contribution is 2.24. The zero-order valence-electron chi connectivity index (χ0n) is 15.4. The second-order valence-electron chi connectivity index (χ2n) is 6.42. The van der Waals surface area contributed by atoms with E-state index in [1.807, 2.05) is 13.0 Å². The monoisotopic (exact) mass is 388 g/mol. The molecule has 0 saturated heterocycles. The zero-order valence-corrected chi connectivity index (χ0v) is 16.2. The van der Waals surface area contributed by atoms with Crippen LogP contribution in [0, 0.1) is 26.6 Å². The summed E-state index contributed by atoms with van der Waals surface area (Å²) in [5.41, 5.74) is 2.44. The third kappa shape index (κ3) is 4.26. The number of aryl methyl sites for hydroxylation is 3. The van der Waals surface area contributed by atoms with Gasteiger partial charge in [-0.2, -0.15) is 0 Å². The Morgan fingerprint density at radius 3 is 2.59 bits per heavy atom. The van der Waals surface area contributed by atoms with Gasteiger partial charge in [-0.25, -0.2) is 22.5 Å². The van der Waals surface area contributed by atoms with Gasteiger partial charge in [-0.1, -0.05) is 24.3 Å². The molecule has 0 unspecified atom stereocenters. The van der Waals surface area contributed by atoms with Gasteiger partial charge in [0.05, 0.1) is 16.2 Å². The van der Waals surface area contributed by atoms with Crippen LogP contribution < -0.4 is 4.72 Å². The van der Waals surface area contributed by atoms with Crippen molar-refractivity contribution in [2.24, 2.45) is 0 Å². The summed E-state index contributed by atoms with van der Waals surface area (Å²) in [5, 5.41) is 0. The molecule has 142 valence electrons. The predicted molar refractivity (Wildman–Crippen MR) is 101 cm³/mol. The Bertz CT molecular complexity index is 1070. The minimum Gasteiger partial charge on any atom is -0.441 e. The smallest absolute Gasteiger partial charge is 0.240 e. The lowest BCUT2D eigenvalue weighted by Crippen LogP contribution is -2.27. The Balaban J connectivity index is 1.72. The average Bonchev–Trinajstić information content (AvgIpc) is 2.98. The number of hydrogen-bond donors (Lipinski definition) is 1. The summed E-state index contributed by atoms with van der Waals surface area (Å²) in [6.45, 7) is 5.50. The van der Waals surface area contributed by atoms with Crippen LogP contribution in [0.4, 0.5) is 4.39 Å². The van der Waals surface area contributed by atoms with E-state index in [4.69, 9.17) is 4.42 Å². The fourth-order valence-electron chi connectivity index (χ4n) is 2.79. The first-order valence-corrected chi connectivity index (χ1v) is 10.0. The van der Waals surface area contributed by atoms with Gasteiger partial charge < -0.3 is 4.42 Å². The van der Waals surface area contributed by atoms with Gasteiger partial charge in [0, 0.05) is 13.0 Å². The number of hydrogen-bond acceptors (Lipinski definition) is 4. The summed E-state index contributed by atoms with van der Waals surface area (Å²) in [4.78, 5) is 4.59. The quantitative estimate of drug-likeness (QED) is 0.695. The molecular formula is C20H21FN2O3S. The summed E-state index contributed by atoms with van der Waals surface area (Å²) in [5.74, 6) is 0.318. The fourth-order valence-corrected chi connectivity index (χ4v) is 4.15. The first kappa shape index (κ1) is 19.3. The molecule has 2 aromatic carbocycles. The normalized spacial score (nSPS) is 11.7. The van der Waals surface area contributed by atoms with Gasteiger partial charge in [0.1, 0.15) is 11.6 Å². The second kappa shape index (κ2) is 7.62. The lowest BCUT2D eigenvalue weighted by atomic mass is 10.2. The molecular weight excluding hydrogens is 367 g/mol. The molecule has 1 N–H and O–H groups in total. The van der Waals surface area contributed by atoms with E-state index in [9.17, 15) is 12.8 Å². The lowest BCUT2D eigenvalue weighted by molar-refractivity contribution is 0.531. The summed E-state index contributed by atoms with van der Waals surface area (Å²) >= 11 is 0. The molecule has 27 heavy (non-hydrogen) atoms. The SMILES string of the molecule is Cc1ccc(C)c(S(=O)(=O)NCCc2nc(-c3ccccc3F)oc2C)c1. The van der Waals surface area contributed by atoms with Crippen LogP contribution in [0.1, 0.15) is 22.6 Å². The largest absolute Gasteiger partial charge is 0.441 e. The molecule has 3 rings (SSSR count). The second-order valence-corrected chi connectivity index (χ2v) is 8.15. The van der Waals surface area contributed by atoms with E-state index in [2.05, 4.69) is 9.71 Å². The summed E-state index contributed by atoms with van der Waals surface area (Å²) in [6, 6.07) is 11.5. The van der Waals surface area contributed by atoms with Crippen molar-refractivity contribution in [1.82, 2.24) is 9.71 Å². The number of oxazole rings is 1. The van der Waals surface area contributed by atoms with E-state index in [0.717, 1.165) is 5.56 Å². The number of halogens is 1. The fraction of sp³-hybridized carbons (Fsp3) is 0.250. The predicted octanol–water partition coefficient (Wildman–Crippen LogP) is 3.93. The van der Waals surface area contributed by atoms with Crippen LogP contribution >= 0.6 is 0 Å². The highest BCUT2D eigenvalue weighted by Gasteiger charge is 2.18. The molecule has 0 saturated carbocycles. The van der Waals surface area contributed by atoms with E-state index in [1.165, 1.54) is 6.07 Å². The maximum atomic E-state index is 13.9. The maximum Gasteiger partial charge on any atom is 0.240 e. The molecule has 0 atom stereocenters. The molecule has 0 spiro atoms. The Morgan fingerprint density at radius 1 is 1.11 bits per heavy atom. The van der Waals surface area contributed by atoms with Crippen molar-refractivity contribution in [2.45, 2.75) is 32.1 Å². The summed E-state index contributed by atoms with van der Waals surface area (Å²) in [6.07, 6.45) is 0.341. The first-order valence-electron chi connectivity index (χ1n) is 8.56. The molecule has 7 heteroatoms. The van der Waals surface area contributed by atoms with Crippen molar-refractivity contribution in [3.63, 3.8) is 0 Å². The highest BCUT2D eigenvalue weighted by molar-refractivity contribution is 7.89. The summed E-state index contributed by atoms with van der Waals surface area (Å²) < 4.78 is 47.1. The van der Waals surface area contributed by atoms with Crippen LogP contribution in [0.2, 0.25) is 0 Å². The molecule has 0 aliphatic rings. The van der Waals surface area contributed by atoms with Crippen molar-refractivity contribution in [1.29, 1.82) is 0 Å². The molecule has 5 nitrogen and oxygen atoms in total. The van der Waals surface area contributed by atoms with Crippen molar-refractivity contribution in [3.8, 4) is 11.5 Å². The van der Waals surface area contributed by atoms with Crippen molar-refractivity contribution < 1.29 is 17.2 Å². The Kier molecular flexibility index (Phi) is 5.43. The van der Waals surface area contributed by atoms with Gasteiger partial charge in [0.2, 0.25) is 15.9 Å². The zero-order chi connectivity index (χ0) is 19.6. The molecule has 0 aliphatic heterocycles. The third-order valence-electron chi connectivity index (χ3n) is 4.28. The Morgan fingerprint density at radius 2 is 1.85 bits per heavy atom. The minimum absolute atomic E-state index is 0.166. The van der Waals surface area contributed by atoms with Crippen molar-refractivity contribution >= 4 is 10.0 Å². The Labute approximate surface area is 158 Å². The lowest BCUT2D eigenvalue weighted by Gasteiger charge is -2.09. The van der Waals surface area contributed by atoms with Gasteiger partial charge >= 0.3 is 0 Å².